The van der Waals surface area contributed by atoms with Crippen molar-refractivity contribution in [2.45, 2.75) is 11.4 Å². The SMILES string of the molecule is NS(=O)(=O)c1ccc(NCc2nn[nH]n2)c(F)c1. The molecule has 2 rings (SSSR count). The van der Waals surface area contributed by atoms with E-state index in [1.165, 1.54) is 12.1 Å². The van der Waals surface area contributed by atoms with Crippen molar-refractivity contribution < 1.29 is 12.8 Å². The van der Waals surface area contributed by atoms with E-state index in [-0.39, 0.29) is 17.1 Å². The van der Waals surface area contributed by atoms with Gasteiger partial charge in [0.25, 0.3) is 0 Å². The van der Waals surface area contributed by atoms with Crippen molar-refractivity contribution in [3.8, 4) is 0 Å². The van der Waals surface area contributed by atoms with Gasteiger partial charge in [0.1, 0.15) is 5.82 Å². The zero-order valence-corrected chi connectivity index (χ0v) is 9.78. The van der Waals surface area contributed by atoms with Crippen molar-refractivity contribution in [2.24, 2.45) is 5.14 Å². The van der Waals surface area contributed by atoms with Gasteiger partial charge in [-0.2, -0.15) is 5.21 Å². The lowest BCUT2D eigenvalue weighted by Crippen LogP contribution is -2.13. The molecule has 0 bridgehead atoms. The van der Waals surface area contributed by atoms with Gasteiger partial charge in [0, 0.05) is 0 Å². The number of hydrogen-bond donors (Lipinski definition) is 3. The van der Waals surface area contributed by atoms with Crippen LogP contribution in [0.3, 0.4) is 0 Å². The molecule has 8 nitrogen and oxygen atoms in total. The topological polar surface area (TPSA) is 127 Å². The van der Waals surface area contributed by atoms with Gasteiger partial charge < -0.3 is 5.32 Å². The molecule has 4 N–H and O–H groups in total. The van der Waals surface area contributed by atoms with Crippen molar-refractivity contribution in [3.63, 3.8) is 0 Å². The molecule has 0 radical (unpaired) electrons. The number of rotatable bonds is 4. The number of tetrazole rings is 1. The zero-order valence-electron chi connectivity index (χ0n) is 8.96. The van der Waals surface area contributed by atoms with Gasteiger partial charge in [-0.05, 0) is 18.2 Å². The second-order valence-corrected chi connectivity index (χ2v) is 4.93. The third-order valence-electron chi connectivity index (χ3n) is 2.10. The Kier molecular flexibility index (Phi) is 3.21. The molecule has 18 heavy (non-hydrogen) atoms. The number of nitrogens with two attached hydrogens (primary N) is 1. The van der Waals surface area contributed by atoms with E-state index in [0.717, 1.165) is 6.07 Å². The minimum absolute atomic E-state index is 0.118. The maximum Gasteiger partial charge on any atom is 0.238 e. The molecule has 1 aromatic carbocycles. The first-order valence-electron chi connectivity index (χ1n) is 4.75. The van der Waals surface area contributed by atoms with Gasteiger partial charge in [0.05, 0.1) is 17.1 Å². The number of aromatic amines is 1. The highest BCUT2D eigenvalue weighted by atomic mass is 32.2. The zero-order chi connectivity index (χ0) is 13.2. The van der Waals surface area contributed by atoms with Crippen LogP contribution >= 0.6 is 0 Å². The number of halogens is 1. The summed E-state index contributed by atoms with van der Waals surface area (Å²) < 4.78 is 35.6. The van der Waals surface area contributed by atoms with Crippen LogP contribution in [0.1, 0.15) is 5.82 Å². The number of sulfonamides is 1. The maximum absolute atomic E-state index is 13.6. The Balaban J connectivity index is 2.15. The predicted molar refractivity (Wildman–Crippen MR) is 59.3 cm³/mol. The molecule has 0 aliphatic heterocycles. The van der Waals surface area contributed by atoms with E-state index in [0.29, 0.717) is 5.82 Å². The number of anilines is 1. The fraction of sp³-hybridized carbons (Fsp3) is 0.125. The summed E-state index contributed by atoms with van der Waals surface area (Å²) in [6.45, 7) is 0.155. The molecule has 0 fully saturated rings. The molecular formula is C8H9FN6O2S. The molecular weight excluding hydrogens is 263 g/mol. The van der Waals surface area contributed by atoms with Gasteiger partial charge >= 0.3 is 0 Å². The van der Waals surface area contributed by atoms with E-state index >= 15 is 0 Å². The van der Waals surface area contributed by atoms with Gasteiger partial charge in [-0.1, -0.05) is 5.21 Å². The van der Waals surface area contributed by atoms with Gasteiger partial charge in [0.2, 0.25) is 10.0 Å². The lowest BCUT2D eigenvalue weighted by atomic mass is 10.3. The fourth-order valence-corrected chi connectivity index (χ4v) is 1.77. The van der Waals surface area contributed by atoms with E-state index in [4.69, 9.17) is 5.14 Å². The highest BCUT2D eigenvalue weighted by Gasteiger charge is 2.11. The van der Waals surface area contributed by atoms with Crippen molar-refractivity contribution in [1.82, 2.24) is 20.6 Å². The van der Waals surface area contributed by atoms with Crippen LogP contribution in [-0.4, -0.2) is 29.0 Å². The van der Waals surface area contributed by atoms with Crippen LogP contribution in [0.2, 0.25) is 0 Å². The van der Waals surface area contributed by atoms with Crippen molar-refractivity contribution in [1.29, 1.82) is 0 Å². The van der Waals surface area contributed by atoms with Crippen molar-refractivity contribution >= 4 is 15.7 Å². The maximum atomic E-state index is 13.6. The summed E-state index contributed by atoms with van der Waals surface area (Å²) in [5.74, 6) is -0.380. The standard InChI is InChI=1S/C8H9FN6O2S/c9-6-3-5(18(10,16)17)1-2-7(6)11-4-8-12-14-15-13-8/h1-3,11H,4H2,(H2,10,16,17)(H,12,13,14,15). The summed E-state index contributed by atoms with van der Waals surface area (Å²) in [4.78, 5) is -0.287. The van der Waals surface area contributed by atoms with E-state index in [9.17, 15) is 12.8 Å². The first kappa shape index (κ1) is 12.4. The first-order valence-corrected chi connectivity index (χ1v) is 6.30. The lowest BCUT2D eigenvalue weighted by Gasteiger charge is -2.06. The molecule has 0 saturated carbocycles. The normalized spacial score (nSPS) is 11.4. The van der Waals surface area contributed by atoms with Crippen LogP contribution in [0, 0.1) is 5.82 Å². The molecule has 0 atom stereocenters. The number of primary sulfonamides is 1. The molecule has 0 amide bonds. The Labute approximate surface area is 101 Å². The van der Waals surface area contributed by atoms with E-state index in [1.54, 1.807) is 0 Å². The van der Waals surface area contributed by atoms with Gasteiger partial charge in [-0.25, -0.2) is 17.9 Å². The summed E-state index contributed by atoms with van der Waals surface area (Å²) >= 11 is 0. The molecule has 2 aromatic rings. The van der Waals surface area contributed by atoms with Crippen LogP contribution in [0.15, 0.2) is 23.1 Å². The van der Waals surface area contributed by atoms with Crippen LogP contribution in [-0.2, 0) is 16.6 Å². The highest BCUT2D eigenvalue weighted by molar-refractivity contribution is 7.89. The fourth-order valence-electron chi connectivity index (χ4n) is 1.25. The molecule has 1 heterocycles. The van der Waals surface area contributed by atoms with Crippen molar-refractivity contribution in [2.75, 3.05) is 5.32 Å². The molecule has 1 aromatic heterocycles. The van der Waals surface area contributed by atoms with Gasteiger partial charge in [0.15, 0.2) is 5.82 Å². The van der Waals surface area contributed by atoms with E-state index in [1.807, 2.05) is 0 Å². The second kappa shape index (κ2) is 4.66. The van der Waals surface area contributed by atoms with Crippen LogP contribution < -0.4 is 10.5 Å². The molecule has 96 valence electrons. The minimum atomic E-state index is -3.91. The summed E-state index contributed by atoms with van der Waals surface area (Å²) in [5, 5.41) is 20.5. The average molecular weight is 272 g/mol. The second-order valence-electron chi connectivity index (χ2n) is 3.37. The molecule has 10 heteroatoms. The molecule has 0 saturated heterocycles. The summed E-state index contributed by atoms with van der Waals surface area (Å²) in [6.07, 6.45) is 0. The summed E-state index contributed by atoms with van der Waals surface area (Å²) in [5.41, 5.74) is 0.118. The first-order chi connectivity index (χ1) is 8.47. The third-order valence-corrected chi connectivity index (χ3v) is 3.01. The minimum Gasteiger partial charge on any atom is -0.375 e. The number of nitrogens with zero attached hydrogens (tertiary/aromatic N) is 3. The third kappa shape index (κ3) is 2.78. The molecule has 0 spiro atoms. The summed E-state index contributed by atoms with van der Waals surface area (Å²) in [7, 11) is -3.91. The lowest BCUT2D eigenvalue weighted by molar-refractivity contribution is 0.592. The predicted octanol–water partition coefficient (Wildman–Crippen LogP) is -0.402. The van der Waals surface area contributed by atoms with E-state index in [2.05, 4.69) is 25.9 Å². The van der Waals surface area contributed by atoms with Crippen LogP contribution in [0.5, 0.6) is 0 Å². The van der Waals surface area contributed by atoms with Crippen LogP contribution in [0.25, 0.3) is 0 Å². The number of hydrogen-bond acceptors (Lipinski definition) is 6. The number of aromatic nitrogens is 4. The Morgan fingerprint density at radius 3 is 2.78 bits per heavy atom. The van der Waals surface area contributed by atoms with Gasteiger partial charge in [-0.3, -0.25) is 0 Å². The Morgan fingerprint density at radius 1 is 1.44 bits per heavy atom. The van der Waals surface area contributed by atoms with Crippen molar-refractivity contribution in [3.05, 3.63) is 29.8 Å². The summed E-state index contributed by atoms with van der Waals surface area (Å²) in [6, 6.07) is 3.32. The van der Waals surface area contributed by atoms with E-state index < -0.39 is 15.8 Å². The molecule has 0 aliphatic rings. The smallest absolute Gasteiger partial charge is 0.238 e. The molecule has 0 unspecified atom stereocenters. The number of H-pyrrole nitrogens is 1. The highest BCUT2D eigenvalue weighted by Crippen LogP contribution is 2.18. The molecule has 0 aliphatic carbocycles. The Bertz CT molecular complexity index is 642. The van der Waals surface area contributed by atoms with Crippen LogP contribution in [0.4, 0.5) is 10.1 Å². The van der Waals surface area contributed by atoms with Gasteiger partial charge in [-0.15, -0.1) is 10.2 Å². The number of nitrogens with one attached hydrogen (secondary N) is 2. The monoisotopic (exact) mass is 272 g/mol. The average Bonchev–Trinajstić information content (AvgIpc) is 2.79. The quantitative estimate of drug-likeness (QED) is 0.695. The largest absolute Gasteiger partial charge is 0.375 e. The Hall–Kier alpha value is -2.07. The number of benzene rings is 1. The Morgan fingerprint density at radius 2 is 2.22 bits per heavy atom.